The van der Waals surface area contributed by atoms with Crippen molar-refractivity contribution in [2.24, 2.45) is 0 Å². The second-order valence-electron chi connectivity index (χ2n) is 4.76. The monoisotopic (exact) mass is 251 g/mol. The Balaban J connectivity index is 1.72. The van der Waals surface area contributed by atoms with Gasteiger partial charge in [-0.1, -0.05) is 12.1 Å². The molecule has 4 heteroatoms. The van der Waals surface area contributed by atoms with Gasteiger partial charge in [-0.15, -0.1) is 0 Å². The summed E-state index contributed by atoms with van der Waals surface area (Å²) in [5.74, 6) is 0.324. The number of phenols is 1. The Morgan fingerprint density at radius 1 is 1.39 bits per heavy atom. The minimum absolute atomic E-state index is 0.227. The Kier molecular flexibility index (Phi) is 4.99. The molecule has 1 aliphatic rings. The summed E-state index contributed by atoms with van der Waals surface area (Å²) in [6.45, 7) is 3.93. The molecule has 1 atom stereocenters. The SMILES string of the molecule is CN(CCC1COCCO1)Cc1cccc(O)c1. The minimum atomic E-state index is 0.227. The van der Waals surface area contributed by atoms with Gasteiger partial charge in [0.1, 0.15) is 5.75 Å². The van der Waals surface area contributed by atoms with Gasteiger partial charge in [0.15, 0.2) is 0 Å². The first-order chi connectivity index (χ1) is 8.74. The Hall–Kier alpha value is -1.10. The first-order valence-corrected chi connectivity index (χ1v) is 6.40. The van der Waals surface area contributed by atoms with Gasteiger partial charge in [-0.05, 0) is 31.2 Å². The van der Waals surface area contributed by atoms with Crippen LogP contribution < -0.4 is 0 Å². The lowest BCUT2D eigenvalue weighted by atomic mass is 10.2. The zero-order chi connectivity index (χ0) is 12.8. The van der Waals surface area contributed by atoms with E-state index in [9.17, 15) is 5.11 Å². The van der Waals surface area contributed by atoms with Crippen molar-refractivity contribution in [2.45, 2.75) is 19.1 Å². The lowest BCUT2D eigenvalue weighted by Crippen LogP contribution is -2.32. The molecular formula is C14H21NO3. The average molecular weight is 251 g/mol. The van der Waals surface area contributed by atoms with Gasteiger partial charge in [-0.25, -0.2) is 0 Å². The number of benzene rings is 1. The van der Waals surface area contributed by atoms with E-state index in [1.165, 1.54) is 0 Å². The van der Waals surface area contributed by atoms with E-state index >= 15 is 0 Å². The summed E-state index contributed by atoms with van der Waals surface area (Å²) in [5, 5.41) is 9.40. The first-order valence-electron chi connectivity index (χ1n) is 6.40. The highest BCUT2D eigenvalue weighted by molar-refractivity contribution is 5.26. The second-order valence-corrected chi connectivity index (χ2v) is 4.76. The second kappa shape index (κ2) is 6.73. The summed E-state index contributed by atoms with van der Waals surface area (Å²) in [4.78, 5) is 2.23. The molecule has 0 aromatic heterocycles. The highest BCUT2D eigenvalue weighted by Crippen LogP contribution is 2.13. The number of phenolic OH excluding ortho intramolecular Hbond substituents is 1. The predicted molar refractivity (Wildman–Crippen MR) is 69.6 cm³/mol. The van der Waals surface area contributed by atoms with E-state index in [1.807, 2.05) is 12.1 Å². The molecule has 0 radical (unpaired) electrons. The van der Waals surface area contributed by atoms with E-state index in [0.29, 0.717) is 19.0 Å². The molecule has 1 unspecified atom stereocenters. The molecule has 1 aromatic carbocycles. The van der Waals surface area contributed by atoms with Gasteiger partial charge >= 0.3 is 0 Å². The fraction of sp³-hybridized carbons (Fsp3) is 0.571. The van der Waals surface area contributed by atoms with Crippen LogP contribution in [0.5, 0.6) is 5.75 Å². The Bertz CT molecular complexity index is 364. The molecule has 4 nitrogen and oxygen atoms in total. The van der Waals surface area contributed by atoms with Gasteiger partial charge in [0.25, 0.3) is 0 Å². The first kappa shape index (κ1) is 13.3. The van der Waals surface area contributed by atoms with E-state index in [2.05, 4.69) is 11.9 Å². The largest absolute Gasteiger partial charge is 0.508 e. The molecule has 1 aromatic rings. The van der Waals surface area contributed by atoms with Crippen LogP contribution in [-0.2, 0) is 16.0 Å². The summed E-state index contributed by atoms with van der Waals surface area (Å²) >= 11 is 0. The Morgan fingerprint density at radius 3 is 3.00 bits per heavy atom. The van der Waals surface area contributed by atoms with E-state index in [0.717, 1.165) is 31.7 Å². The summed E-state index contributed by atoms with van der Waals surface area (Å²) in [6.07, 6.45) is 1.21. The number of rotatable bonds is 5. The molecule has 1 fully saturated rings. The molecule has 0 bridgehead atoms. The highest BCUT2D eigenvalue weighted by Gasteiger charge is 2.14. The van der Waals surface area contributed by atoms with Crippen molar-refractivity contribution in [1.29, 1.82) is 0 Å². The van der Waals surface area contributed by atoms with Gasteiger partial charge in [0.05, 0.1) is 25.9 Å². The third-order valence-electron chi connectivity index (χ3n) is 3.08. The van der Waals surface area contributed by atoms with Gasteiger partial charge in [0, 0.05) is 13.1 Å². The summed E-state index contributed by atoms with van der Waals surface area (Å²) < 4.78 is 11.0. The molecule has 1 heterocycles. The summed E-state index contributed by atoms with van der Waals surface area (Å²) in [6, 6.07) is 7.39. The molecule has 0 amide bonds. The number of hydrogen-bond acceptors (Lipinski definition) is 4. The van der Waals surface area contributed by atoms with Crippen molar-refractivity contribution < 1.29 is 14.6 Å². The van der Waals surface area contributed by atoms with E-state index in [-0.39, 0.29) is 6.10 Å². The molecule has 0 aliphatic carbocycles. The smallest absolute Gasteiger partial charge is 0.115 e. The number of hydrogen-bond donors (Lipinski definition) is 1. The van der Waals surface area contributed by atoms with E-state index in [4.69, 9.17) is 9.47 Å². The lowest BCUT2D eigenvalue weighted by molar-refractivity contribution is -0.0923. The topological polar surface area (TPSA) is 41.9 Å². The fourth-order valence-corrected chi connectivity index (χ4v) is 2.11. The molecular weight excluding hydrogens is 230 g/mol. The van der Waals surface area contributed by atoms with Crippen molar-refractivity contribution in [3.63, 3.8) is 0 Å². The van der Waals surface area contributed by atoms with Crippen molar-refractivity contribution in [2.75, 3.05) is 33.4 Å². The fourth-order valence-electron chi connectivity index (χ4n) is 2.11. The number of ether oxygens (including phenoxy) is 2. The zero-order valence-corrected chi connectivity index (χ0v) is 10.8. The maximum atomic E-state index is 9.40. The van der Waals surface area contributed by atoms with E-state index in [1.54, 1.807) is 12.1 Å². The van der Waals surface area contributed by atoms with Crippen LogP contribution in [0, 0.1) is 0 Å². The highest BCUT2D eigenvalue weighted by atomic mass is 16.6. The van der Waals surface area contributed by atoms with Crippen LogP contribution in [0.3, 0.4) is 0 Å². The molecule has 100 valence electrons. The molecule has 2 rings (SSSR count). The van der Waals surface area contributed by atoms with Crippen molar-refractivity contribution in [3.05, 3.63) is 29.8 Å². The molecule has 1 aliphatic heterocycles. The van der Waals surface area contributed by atoms with Crippen LogP contribution in [0.25, 0.3) is 0 Å². The molecule has 1 saturated heterocycles. The third-order valence-corrected chi connectivity index (χ3v) is 3.08. The predicted octanol–water partition coefficient (Wildman–Crippen LogP) is 1.63. The minimum Gasteiger partial charge on any atom is -0.508 e. The third kappa shape index (κ3) is 4.29. The Morgan fingerprint density at radius 2 is 2.28 bits per heavy atom. The van der Waals surface area contributed by atoms with Crippen molar-refractivity contribution in [3.8, 4) is 5.75 Å². The maximum absolute atomic E-state index is 9.40. The van der Waals surface area contributed by atoms with Gasteiger partial charge < -0.3 is 19.5 Å². The molecule has 0 spiro atoms. The Labute approximate surface area is 108 Å². The van der Waals surface area contributed by atoms with Crippen LogP contribution >= 0.6 is 0 Å². The summed E-state index contributed by atoms with van der Waals surface area (Å²) in [5.41, 5.74) is 1.12. The van der Waals surface area contributed by atoms with Crippen LogP contribution in [0.2, 0.25) is 0 Å². The maximum Gasteiger partial charge on any atom is 0.115 e. The van der Waals surface area contributed by atoms with Gasteiger partial charge in [-0.3, -0.25) is 0 Å². The lowest BCUT2D eigenvalue weighted by Gasteiger charge is -2.25. The van der Waals surface area contributed by atoms with Crippen LogP contribution in [0.1, 0.15) is 12.0 Å². The molecule has 18 heavy (non-hydrogen) atoms. The number of aromatic hydroxyl groups is 1. The quantitative estimate of drug-likeness (QED) is 0.863. The molecule has 1 N–H and O–H groups in total. The van der Waals surface area contributed by atoms with Crippen LogP contribution in [0.15, 0.2) is 24.3 Å². The van der Waals surface area contributed by atoms with Crippen LogP contribution in [-0.4, -0.2) is 49.5 Å². The van der Waals surface area contributed by atoms with Crippen molar-refractivity contribution >= 4 is 0 Å². The molecule has 0 saturated carbocycles. The average Bonchev–Trinajstić information content (AvgIpc) is 2.38. The number of nitrogens with zero attached hydrogens (tertiary/aromatic N) is 1. The zero-order valence-electron chi connectivity index (χ0n) is 10.8. The van der Waals surface area contributed by atoms with E-state index < -0.39 is 0 Å². The van der Waals surface area contributed by atoms with Gasteiger partial charge in [-0.2, -0.15) is 0 Å². The van der Waals surface area contributed by atoms with Gasteiger partial charge in [0.2, 0.25) is 0 Å². The van der Waals surface area contributed by atoms with Crippen molar-refractivity contribution in [1.82, 2.24) is 4.90 Å². The standard InChI is InChI=1S/C14H21NO3/c1-15(6-5-14-11-17-7-8-18-14)10-12-3-2-4-13(16)9-12/h2-4,9,14,16H,5-8,10-11H2,1H3. The normalized spacial score (nSPS) is 20.2. The summed E-state index contributed by atoms with van der Waals surface area (Å²) in [7, 11) is 2.08. The van der Waals surface area contributed by atoms with Crippen LogP contribution in [0.4, 0.5) is 0 Å².